The Labute approximate surface area is 152 Å². The lowest BCUT2D eigenvalue weighted by Gasteiger charge is -2.26. The first-order valence-corrected chi connectivity index (χ1v) is 9.61. The summed E-state index contributed by atoms with van der Waals surface area (Å²) in [6.07, 6.45) is 6.06. The fourth-order valence-electron chi connectivity index (χ4n) is 3.58. The first-order chi connectivity index (χ1) is 12.3. The molecular formula is C24H28O. The van der Waals surface area contributed by atoms with Crippen LogP contribution in [0.1, 0.15) is 62.1 Å². The number of rotatable bonds is 4. The Kier molecular flexibility index (Phi) is 6.18. The maximum absolute atomic E-state index is 5.48. The Morgan fingerprint density at radius 3 is 2.16 bits per heavy atom. The number of ether oxygens (including phenoxy) is 1. The fraction of sp³-hybridized carbons (Fsp3) is 0.417. The van der Waals surface area contributed by atoms with Gasteiger partial charge < -0.3 is 4.74 Å². The van der Waals surface area contributed by atoms with E-state index in [1.807, 2.05) is 19.1 Å². The monoisotopic (exact) mass is 332 g/mol. The minimum absolute atomic E-state index is 0.540. The molecule has 1 heteroatoms. The lowest BCUT2D eigenvalue weighted by Crippen LogP contribution is -2.12. The molecule has 2 aromatic carbocycles. The van der Waals surface area contributed by atoms with E-state index in [4.69, 9.17) is 4.74 Å². The van der Waals surface area contributed by atoms with Gasteiger partial charge in [-0.2, -0.15) is 0 Å². The van der Waals surface area contributed by atoms with E-state index in [0.717, 1.165) is 23.7 Å². The van der Waals surface area contributed by atoms with Crippen molar-refractivity contribution in [1.82, 2.24) is 0 Å². The Bertz CT molecular complexity index is 707. The second-order valence-electron chi connectivity index (χ2n) is 6.87. The summed E-state index contributed by atoms with van der Waals surface area (Å²) < 4.78 is 5.48. The zero-order chi connectivity index (χ0) is 17.5. The largest absolute Gasteiger partial charge is 0.494 e. The topological polar surface area (TPSA) is 9.23 Å². The molecule has 0 heterocycles. The van der Waals surface area contributed by atoms with Gasteiger partial charge in [-0.1, -0.05) is 43.0 Å². The summed E-state index contributed by atoms with van der Waals surface area (Å²) in [6.45, 7) is 4.92. The van der Waals surface area contributed by atoms with Gasteiger partial charge in [0.05, 0.1) is 6.61 Å². The predicted octanol–water partition coefficient (Wildman–Crippen LogP) is 5.97. The van der Waals surface area contributed by atoms with Crippen molar-refractivity contribution in [3.63, 3.8) is 0 Å². The highest BCUT2D eigenvalue weighted by atomic mass is 16.5. The molecule has 0 saturated heterocycles. The van der Waals surface area contributed by atoms with Gasteiger partial charge in [0, 0.05) is 11.5 Å². The van der Waals surface area contributed by atoms with E-state index in [1.165, 1.54) is 36.8 Å². The zero-order valence-corrected chi connectivity index (χ0v) is 15.4. The first-order valence-electron chi connectivity index (χ1n) is 9.61. The van der Waals surface area contributed by atoms with Gasteiger partial charge >= 0.3 is 0 Å². The average Bonchev–Trinajstić information content (AvgIpc) is 2.68. The zero-order valence-electron chi connectivity index (χ0n) is 15.4. The summed E-state index contributed by atoms with van der Waals surface area (Å²) in [7, 11) is 0. The molecule has 0 radical (unpaired) electrons. The van der Waals surface area contributed by atoms with E-state index in [2.05, 4.69) is 55.2 Å². The molecule has 0 aliphatic heterocycles. The third kappa shape index (κ3) is 4.89. The average molecular weight is 332 g/mol. The van der Waals surface area contributed by atoms with Gasteiger partial charge in [0.25, 0.3) is 0 Å². The van der Waals surface area contributed by atoms with Crippen LogP contribution in [0.4, 0.5) is 0 Å². The van der Waals surface area contributed by atoms with Crippen LogP contribution >= 0.6 is 0 Å². The van der Waals surface area contributed by atoms with Crippen molar-refractivity contribution in [1.29, 1.82) is 0 Å². The summed E-state index contributed by atoms with van der Waals surface area (Å²) in [5, 5.41) is 0. The highest BCUT2D eigenvalue weighted by Crippen LogP contribution is 2.35. The molecule has 3 rings (SSSR count). The maximum atomic E-state index is 5.48. The lowest BCUT2D eigenvalue weighted by atomic mass is 9.79. The van der Waals surface area contributed by atoms with E-state index in [0.29, 0.717) is 12.5 Å². The minimum Gasteiger partial charge on any atom is -0.494 e. The molecular weight excluding hydrogens is 304 g/mol. The number of benzene rings is 2. The van der Waals surface area contributed by atoms with Crippen LogP contribution in [0.2, 0.25) is 0 Å². The molecule has 1 aliphatic carbocycles. The maximum Gasteiger partial charge on any atom is 0.119 e. The molecule has 1 nitrogen and oxygen atoms in total. The summed E-state index contributed by atoms with van der Waals surface area (Å²) >= 11 is 0. The summed E-state index contributed by atoms with van der Waals surface area (Å²) in [5.41, 5.74) is 4.02. The van der Waals surface area contributed by atoms with Crippen molar-refractivity contribution in [2.75, 3.05) is 6.61 Å². The Hall–Kier alpha value is -2.20. The van der Waals surface area contributed by atoms with Crippen LogP contribution in [0.3, 0.4) is 0 Å². The molecule has 0 bridgehead atoms. The Morgan fingerprint density at radius 1 is 0.880 bits per heavy atom. The van der Waals surface area contributed by atoms with E-state index < -0.39 is 0 Å². The molecule has 0 aromatic heterocycles. The molecule has 0 amide bonds. The standard InChI is InChI=1S/C24H28O/c1-3-19-7-13-22(14-8-19)23-15-9-20(10-16-23)5-6-21-11-17-24(18-12-21)25-4-2/h7-8,11-14,17-18,20,23H,3-4,9-10,15-16H2,1-2H3. The third-order valence-corrected chi connectivity index (χ3v) is 5.17. The Morgan fingerprint density at radius 2 is 1.56 bits per heavy atom. The minimum atomic E-state index is 0.540. The van der Waals surface area contributed by atoms with Crippen LogP contribution < -0.4 is 4.74 Å². The van der Waals surface area contributed by atoms with Crippen LogP contribution in [0.25, 0.3) is 0 Å². The van der Waals surface area contributed by atoms with Crippen molar-refractivity contribution in [3.05, 3.63) is 65.2 Å². The lowest BCUT2D eigenvalue weighted by molar-refractivity contribution is 0.340. The molecule has 0 N–H and O–H groups in total. The molecule has 1 saturated carbocycles. The highest BCUT2D eigenvalue weighted by molar-refractivity contribution is 5.38. The molecule has 1 aliphatic rings. The third-order valence-electron chi connectivity index (χ3n) is 5.17. The molecule has 2 aromatic rings. The van der Waals surface area contributed by atoms with Gasteiger partial charge in [-0.25, -0.2) is 0 Å². The quantitative estimate of drug-likeness (QED) is 0.626. The number of hydrogen-bond donors (Lipinski definition) is 0. The smallest absolute Gasteiger partial charge is 0.119 e. The van der Waals surface area contributed by atoms with Crippen molar-refractivity contribution < 1.29 is 4.74 Å². The number of aryl methyl sites for hydroxylation is 1. The SMILES string of the molecule is CCOc1ccc(C#CC2CCC(c3ccc(CC)cc3)CC2)cc1. The molecule has 130 valence electrons. The second kappa shape index (κ2) is 8.77. The summed E-state index contributed by atoms with van der Waals surface area (Å²) in [6, 6.07) is 17.3. The molecule has 0 spiro atoms. The van der Waals surface area contributed by atoms with Crippen LogP contribution in [-0.2, 0) is 6.42 Å². The Balaban J connectivity index is 1.54. The molecule has 0 unspecified atom stereocenters. The number of hydrogen-bond acceptors (Lipinski definition) is 1. The van der Waals surface area contributed by atoms with Gasteiger partial charge in [-0.3, -0.25) is 0 Å². The first kappa shape index (κ1) is 17.6. The van der Waals surface area contributed by atoms with Gasteiger partial charge in [-0.15, -0.1) is 0 Å². The van der Waals surface area contributed by atoms with E-state index in [9.17, 15) is 0 Å². The van der Waals surface area contributed by atoms with Crippen LogP contribution in [0.5, 0.6) is 5.75 Å². The van der Waals surface area contributed by atoms with Gasteiger partial charge in [0.1, 0.15) is 5.75 Å². The van der Waals surface area contributed by atoms with Crippen LogP contribution in [0.15, 0.2) is 48.5 Å². The van der Waals surface area contributed by atoms with Crippen molar-refractivity contribution in [3.8, 4) is 17.6 Å². The highest BCUT2D eigenvalue weighted by Gasteiger charge is 2.21. The van der Waals surface area contributed by atoms with Gasteiger partial charge in [0.2, 0.25) is 0 Å². The van der Waals surface area contributed by atoms with Crippen molar-refractivity contribution in [2.24, 2.45) is 5.92 Å². The molecule has 25 heavy (non-hydrogen) atoms. The van der Waals surface area contributed by atoms with Crippen LogP contribution in [-0.4, -0.2) is 6.61 Å². The van der Waals surface area contributed by atoms with E-state index in [-0.39, 0.29) is 0 Å². The van der Waals surface area contributed by atoms with E-state index >= 15 is 0 Å². The van der Waals surface area contributed by atoms with Crippen LogP contribution in [0, 0.1) is 17.8 Å². The normalized spacial score (nSPS) is 19.8. The molecule has 0 atom stereocenters. The summed E-state index contributed by atoms with van der Waals surface area (Å²) in [5.74, 6) is 9.01. The molecule has 1 fully saturated rings. The second-order valence-corrected chi connectivity index (χ2v) is 6.87. The van der Waals surface area contributed by atoms with Gasteiger partial charge in [0.15, 0.2) is 0 Å². The van der Waals surface area contributed by atoms with Crippen molar-refractivity contribution >= 4 is 0 Å². The predicted molar refractivity (Wildman–Crippen MR) is 105 cm³/mol. The van der Waals surface area contributed by atoms with Crippen molar-refractivity contribution in [2.45, 2.75) is 51.9 Å². The van der Waals surface area contributed by atoms with E-state index in [1.54, 1.807) is 0 Å². The fourth-order valence-corrected chi connectivity index (χ4v) is 3.58. The van der Waals surface area contributed by atoms with Gasteiger partial charge in [-0.05, 0) is 80.3 Å². The summed E-state index contributed by atoms with van der Waals surface area (Å²) in [4.78, 5) is 0.